The number of benzene rings is 2. The van der Waals surface area contributed by atoms with Gasteiger partial charge < -0.3 is 5.73 Å². The zero-order valence-electron chi connectivity index (χ0n) is 9.77. The van der Waals surface area contributed by atoms with Crippen molar-refractivity contribution in [2.45, 2.75) is 6.92 Å². The molecule has 0 aliphatic heterocycles. The summed E-state index contributed by atoms with van der Waals surface area (Å²) in [6, 6.07) is 12.1. The van der Waals surface area contributed by atoms with Gasteiger partial charge in [0.15, 0.2) is 0 Å². The summed E-state index contributed by atoms with van der Waals surface area (Å²) in [7, 11) is 0. The van der Waals surface area contributed by atoms with E-state index >= 15 is 0 Å². The molecule has 4 heteroatoms. The fourth-order valence-corrected chi connectivity index (χ4v) is 3.40. The lowest BCUT2D eigenvalue weighted by molar-refractivity contribution is 1.42. The van der Waals surface area contributed by atoms with Crippen molar-refractivity contribution in [2.24, 2.45) is 0 Å². The number of thiazole rings is 1. The minimum absolute atomic E-state index is 0.751. The minimum Gasteiger partial charge on any atom is -0.398 e. The van der Waals surface area contributed by atoms with Gasteiger partial charge in [0.25, 0.3) is 0 Å². The number of hydrogen-bond donors (Lipinski definition) is 1. The van der Waals surface area contributed by atoms with Crippen LogP contribution in [0.3, 0.4) is 0 Å². The van der Waals surface area contributed by atoms with Gasteiger partial charge in [0.2, 0.25) is 0 Å². The van der Waals surface area contributed by atoms with Crippen LogP contribution < -0.4 is 5.73 Å². The van der Waals surface area contributed by atoms with E-state index in [0.717, 1.165) is 26.2 Å². The molecular formula is C14H11BrN2S. The first-order valence-electron chi connectivity index (χ1n) is 5.57. The van der Waals surface area contributed by atoms with Crippen LogP contribution in [0.5, 0.6) is 0 Å². The number of aromatic nitrogens is 1. The lowest BCUT2D eigenvalue weighted by Gasteiger charge is -2.01. The van der Waals surface area contributed by atoms with Crippen LogP contribution in [0, 0.1) is 6.92 Å². The Morgan fingerprint density at radius 3 is 2.78 bits per heavy atom. The highest BCUT2D eigenvalue weighted by Crippen LogP contribution is 2.35. The molecule has 0 atom stereocenters. The molecule has 0 fully saturated rings. The molecule has 0 aliphatic rings. The molecule has 1 heterocycles. The molecule has 2 aromatic carbocycles. The van der Waals surface area contributed by atoms with Crippen LogP contribution in [0.1, 0.15) is 5.56 Å². The van der Waals surface area contributed by atoms with Crippen LogP contribution in [-0.4, -0.2) is 4.98 Å². The van der Waals surface area contributed by atoms with Gasteiger partial charge >= 0.3 is 0 Å². The number of anilines is 1. The largest absolute Gasteiger partial charge is 0.398 e. The average molecular weight is 319 g/mol. The maximum atomic E-state index is 6.05. The topological polar surface area (TPSA) is 38.9 Å². The summed E-state index contributed by atoms with van der Waals surface area (Å²) in [5.41, 5.74) is 10.1. The number of rotatable bonds is 1. The molecule has 0 saturated heterocycles. The highest BCUT2D eigenvalue weighted by molar-refractivity contribution is 9.10. The maximum absolute atomic E-state index is 6.05. The Morgan fingerprint density at radius 2 is 2.06 bits per heavy atom. The lowest BCUT2D eigenvalue weighted by Crippen LogP contribution is -1.89. The molecule has 3 aromatic rings. The Kier molecular flexibility index (Phi) is 2.84. The first kappa shape index (κ1) is 11.7. The van der Waals surface area contributed by atoms with Crippen LogP contribution in [0.2, 0.25) is 0 Å². The van der Waals surface area contributed by atoms with Gasteiger partial charge in [-0.1, -0.05) is 28.1 Å². The van der Waals surface area contributed by atoms with Gasteiger partial charge in [0.05, 0.1) is 10.2 Å². The molecule has 3 rings (SSSR count). The van der Waals surface area contributed by atoms with E-state index in [-0.39, 0.29) is 0 Å². The first-order valence-corrected chi connectivity index (χ1v) is 7.17. The fraction of sp³-hybridized carbons (Fsp3) is 0.0714. The third-order valence-corrected chi connectivity index (χ3v) is 4.41. The summed E-state index contributed by atoms with van der Waals surface area (Å²) in [6.45, 7) is 2.08. The van der Waals surface area contributed by atoms with Crippen molar-refractivity contribution in [3.05, 3.63) is 46.4 Å². The molecule has 0 aliphatic carbocycles. The highest BCUT2D eigenvalue weighted by Gasteiger charge is 2.10. The van der Waals surface area contributed by atoms with E-state index < -0.39 is 0 Å². The van der Waals surface area contributed by atoms with Gasteiger partial charge in [0.1, 0.15) is 5.01 Å². The lowest BCUT2D eigenvalue weighted by atomic mass is 10.2. The summed E-state index contributed by atoms with van der Waals surface area (Å²) in [6.07, 6.45) is 0. The molecule has 2 nitrogen and oxygen atoms in total. The standard InChI is InChI=1S/C14H11BrN2S/c1-8-3-2-4-12-13(8)17-14(18-12)10-6-5-9(15)7-11(10)16/h2-7H,16H2,1H3. The predicted molar refractivity (Wildman–Crippen MR) is 81.9 cm³/mol. The number of nitrogens with zero attached hydrogens (tertiary/aromatic N) is 1. The second-order valence-electron chi connectivity index (χ2n) is 4.17. The summed E-state index contributed by atoms with van der Waals surface area (Å²) < 4.78 is 2.19. The molecule has 90 valence electrons. The number of para-hydroxylation sites is 1. The Morgan fingerprint density at radius 1 is 1.22 bits per heavy atom. The number of nitrogens with two attached hydrogens (primary N) is 1. The number of nitrogen functional groups attached to an aromatic ring is 1. The molecule has 0 radical (unpaired) electrons. The number of fused-ring (bicyclic) bond motifs is 1. The van der Waals surface area contributed by atoms with E-state index in [0.29, 0.717) is 0 Å². The van der Waals surface area contributed by atoms with Gasteiger partial charge in [-0.25, -0.2) is 4.98 Å². The summed E-state index contributed by atoms with van der Waals surface area (Å²) in [5.74, 6) is 0. The molecule has 0 amide bonds. The maximum Gasteiger partial charge on any atom is 0.126 e. The van der Waals surface area contributed by atoms with Crippen LogP contribution in [0.25, 0.3) is 20.8 Å². The van der Waals surface area contributed by atoms with Gasteiger partial charge in [-0.2, -0.15) is 0 Å². The van der Waals surface area contributed by atoms with E-state index in [9.17, 15) is 0 Å². The minimum atomic E-state index is 0.751. The van der Waals surface area contributed by atoms with Crippen LogP contribution in [0.4, 0.5) is 5.69 Å². The van der Waals surface area contributed by atoms with Gasteiger partial charge in [0, 0.05) is 15.7 Å². The van der Waals surface area contributed by atoms with Gasteiger partial charge in [-0.05, 0) is 36.8 Å². The number of hydrogen-bond acceptors (Lipinski definition) is 3. The van der Waals surface area contributed by atoms with Crippen molar-refractivity contribution < 1.29 is 0 Å². The van der Waals surface area contributed by atoms with Crippen molar-refractivity contribution in [1.29, 1.82) is 0 Å². The third-order valence-electron chi connectivity index (χ3n) is 2.86. The predicted octanol–water partition coefficient (Wildman–Crippen LogP) is 4.62. The van der Waals surface area contributed by atoms with E-state index in [1.807, 2.05) is 18.2 Å². The molecule has 18 heavy (non-hydrogen) atoms. The normalized spacial score (nSPS) is 11.0. The third kappa shape index (κ3) is 1.91. The van der Waals surface area contributed by atoms with Crippen LogP contribution in [-0.2, 0) is 0 Å². The Bertz CT molecular complexity index is 734. The van der Waals surface area contributed by atoms with E-state index in [2.05, 4.69) is 41.1 Å². The van der Waals surface area contributed by atoms with Crippen molar-refractivity contribution >= 4 is 43.2 Å². The summed E-state index contributed by atoms with van der Waals surface area (Å²) in [4.78, 5) is 4.70. The SMILES string of the molecule is Cc1cccc2sc(-c3ccc(Br)cc3N)nc12. The molecule has 0 spiro atoms. The van der Waals surface area contributed by atoms with Crippen molar-refractivity contribution in [3.63, 3.8) is 0 Å². The van der Waals surface area contributed by atoms with E-state index in [4.69, 9.17) is 10.7 Å². The van der Waals surface area contributed by atoms with Crippen molar-refractivity contribution in [3.8, 4) is 10.6 Å². The van der Waals surface area contributed by atoms with E-state index in [1.165, 1.54) is 10.3 Å². The first-order chi connectivity index (χ1) is 8.65. The molecule has 1 aromatic heterocycles. The second kappa shape index (κ2) is 4.37. The van der Waals surface area contributed by atoms with Gasteiger partial charge in [-0.15, -0.1) is 11.3 Å². The van der Waals surface area contributed by atoms with Crippen LogP contribution in [0.15, 0.2) is 40.9 Å². The quantitative estimate of drug-likeness (QED) is 0.665. The molecule has 2 N–H and O–H groups in total. The Labute approximate surface area is 118 Å². The second-order valence-corrected chi connectivity index (χ2v) is 6.12. The van der Waals surface area contributed by atoms with Gasteiger partial charge in [-0.3, -0.25) is 0 Å². The molecule has 0 bridgehead atoms. The molecular weight excluding hydrogens is 308 g/mol. The molecule has 0 unspecified atom stereocenters. The monoisotopic (exact) mass is 318 g/mol. The van der Waals surface area contributed by atoms with E-state index in [1.54, 1.807) is 11.3 Å². The summed E-state index contributed by atoms with van der Waals surface area (Å²) in [5, 5.41) is 0.976. The van der Waals surface area contributed by atoms with Crippen LogP contribution >= 0.6 is 27.3 Å². The fourth-order valence-electron chi connectivity index (χ4n) is 1.93. The zero-order chi connectivity index (χ0) is 12.7. The Hall–Kier alpha value is -1.39. The van der Waals surface area contributed by atoms with Crippen molar-refractivity contribution in [1.82, 2.24) is 4.98 Å². The number of halogens is 1. The summed E-state index contributed by atoms with van der Waals surface area (Å²) >= 11 is 5.10. The molecule has 0 saturated carbocycles. The zero-order valence-corrected chi connectivity index (χ0v) is 12.2. The average Bonchev–Trinajstić information content (AvgIpc) is 2.74. The smallest absolute Gasteiger partial charge is 0.126 e. The number of aryl methyl sites for hydroxylation is 1. The van der Waals surface area contributed by atoms with Crippen molar-refractivity contribution in [2.75, 3.05) is 5.73 Å². The Balaban J connectivity index is 2.23. The highest BCUT2D eigenvalue weighted by atomic mass is 79.9.